The second kappa shape index (κ2) is 6.86. The molecule has 2 aromatic rings. The molecule has 104 valence electrons. The average molecular weight is 327 g/mol. The molecule has 0 fully saturated rings. The van der Waals surface area contributed by atoms with Crippen LogP contribution in [0.15, 0.2) is 29.6 Å². The first-order valence-electron chi connectivity index (χ1n) is 5.72. The molecule has 0 aliphatic heterocycles. The van der Waals surface area contributed by atoms with E-state index in [2.05, 4.69) is 10.8 Å². The maximum atomic E-state index is 10.7. The van der Waals surface area contributed by atoms with Gasteiger partial charge in [-0.2, -0.15) is 5.26 Å². The Morgan fingerprint density at radius 2 is 2.25 bits per heavy atom. The van der Waals surface area contributed by atoms with Crippen LogP contribution in [0.25, 0.3) is 0 Å². The number of benzene rings is 1. The average Bonchev–Trinajstić information content (AvgIpc) is 2.91. The molecule has 1 atom stereocenters. The molecule has 4 nitrogen and oxygen atoms in total. The van der Waals surface area contributed by atoms with Crippen LogP contribution < -0.4 is 4.72 Å². The lowest BCUT2D eigenvalue weighted by Crippen LogP contribution is -2.04. The maximum absolute atomic E-state index is 10.7. The Kier molecular flexibility index (Phi) is 5.15. The van der Waals surface area contributed by atoms with Gasteiger partial charge in [0.1, 0.15) is 0 Å². The van der Waals surface area contributed by atoms with E-state index in [1.807, 2.05) is 17.5 Å². The monoisotopic (exact) mass is 326 g/mol. The lowest BCUT2D eigenvalue weighted by molar-refractivity contribution is 0.570. The van der Waals surface area contributed by atoms with E-state index in [4.69, 9.17) is 21.4 Å². The molecule has 2 rings (SSSR count). The summed E-state index contributed by atoms with van der Waals surface area (Å²) in [5.74, 6) is 0. The number of rotatable bonds is 5. The molecule has 1 aromatic heterocycles. The SMILES string of the molecule is N#Cc1cc(NS(=O)O)c(Cl)cc1CCc1cccs1. The van der Waals surface area contributed by atoms with Crippen molar-refractivity contribution in [3.63, 3.8) is 0 Å². The first-order chi connectivity index (χ1) is 9.60. The third kappa shape index (κ3) is 3.81. The summed E-state index contributed by atoms with van der Waals surface area (Å²) in [6.07, 6.45) is 1.53. The van der Waals surface area contributed by atoms with Crippen molar-refractivity contribution in [2.24, 2.45) is 0 Å². The van der Waals surface area contributed by atoms with E-state index < -0.39 is 11.3 Å². The summed E-state index contributed by atoms with van der Waals surface area (Å²) in [5, 5.41) is 11.5. The fraction of sp³-hybridized carbons (Fsp3) is 0.154. The zero-order valence-corrected chi connectivity index (χ0v) is 12.7. The first-order valence-corrected chi connectivity index (χ1v) is 8.09. The summed E-state index contributed by atoms with van der Waals surface area (Å²) < 4.78 is 21.9. The van der Waals surface area contributed by atoms with Crippen LogP contribution in [0.1, 0.15) is 16.0 Å². The van der Waals surface area contributed by atoms with Gasteiger partial charge in [0.25, 0.3) is 11.3 Å². The van der Waals surface area contributed by atoms with Crippen LogP contribution in [0, 0.1) is 11.3 Å². The molecular formula is C13H11ClN2O2S2. The van der Waals surface area contributed by atoms with Crippen LogP contribution in [0.5, 0.6) is 0 Å². The van der Waals surface area contributed by atoms with Crippen LogP contribution in [-0.2, 0) is 24.1 Å². The van der Waals surface area contributed by atoms with E-state index in [-0.39, 0.29) is 5.69 Å². The summed E-state index contributed by atoms with van der Waals surface area (Å²) in [5.41, 5.74) is 1.57. The molecule has 0 spiro atoms. The topological polar surface area (TPSA) is 73.1 Å². The van der Waals surface area contributed by atoms with Gasteiger partial charge in [0, 0.05) is 4.88 Å². The number of nitrogens with one attached hydrogen (secondary N) is 1. The molecular weight excluding hydrogens is 316 g/mol. The van der Waals surface area contributed by atoms with E-state index in [0.717, 1.165) is 12.0 Å². The van der Waals surface area contributed by atoms with Crippen LogP contribution in [0.2, 0.25) is 5.02 Å². The number of nitriles is 1. The van der Waals surface area contributed by atoms with Gasteiger partial charge in [-0.05, 0) is 42.0 Å². The molecule has 2 N–H and O–H groups in total. The van der Waals surface area contributed by atoms with Crippen molar-refractivity contribution < 1.29 is 8.76 Å². The molecule has 1 aromatic carbocycles. The second-order valence-electron chi connectivity index (χ2n) is 4.03. The minimum absolute atomic E-state index is 0.281. The summed E-state index contributed by atoms with van der Waals surface area (Å²) in [4.78, 5) is 1.24. The van der Waals surface area contributed by atoms with E-state index in [1.165, 1.54) is 10.9 Å². The minimum Gasteiger partial charge on any atom is -0.289 e. The minimum atomic E-state index is -2.21. The van der Waals surface area contributed by atoms with E-state index in [1.54, 1.807) is 17.4 Å². The number of nitrogens with zero attached hydrogens (tertiary/aromatic N) is 1. The molecule has 1 heterocycles. The zero-order valence-electron chi connectivity index (χ0n) is 10.3. The van der Waals surface area contributed by atoms with Gasteiger partial charge in [-0.3, -0.25) is 9.27 Å². The highest BCUT2D eigenvalue weighted by Gasteiger charge is 2.10. The predicted molar refractivity (Wildman–Crippen MR) is 82.3 cm³/mol. The maximum Gasteiger partial charge on any atom is 0.259 e. The lowest BCUT2D eigenvalue weighted by Gasteiger charge is -2.09. The molecule has 0 saturated heterocycles. The van der Waals surface area contributed by atoms with Crippen molar-refractivity contribution >= 4 is 39.9 Å². The van der Waals surface area contributed by atoms with Gasteiger partial charge in [0.2, 0.25) is 0 Å². The Morgan fingerprint density at radius 1 is 1.45 bits per heavy atom. The first kappa shape index (κ1) is 15.0. The van der Waals surface area contributed by atoms with E-state index >= 15 is 0 Å². The fourth-order valence-electron chi connectivity index (χ4n) is 1.81. The van der Waals surface area contributed by atoms with Crippen molar-refractivity contribution in [1.29, 1.82) is 5.26 Å². The van der Waals surface area contributed by atoms with Crippen molar-refractivity contribution in [3.05, 3.63) is 50.7 Å². The molecule has 0 aliphatic carbocycles. The van der Waals surface area contributed by atoms with Crippen molar-refractivity contribution in [2.75, 3.05) is 4.72 Å². The summed E-state index contributed by atoms with van der Waals surface area (Å²) in [6, 6.07) is 9.29. The van der Waals surface area contributed by atoms with Gasteiger partial charge in [-0.25, -0.2) is 4.21 Å². The Hall–Kier alpha value is -1.39. The van der Waals surface area contributed by atoms with Crippen molar-refractivity contribution in [2.45, 2.75) is 12.8 Å². The predicted octanol–water partition coefficient (Wildman–Crippen LogP) is 3.61. The fourth-order valence-corrected chi connectivity index (χ4v) is 3.17. The van der Waals surface area contributed by atoms with E-state index in [9.17, 15) is 4.21 Å². The smallest absolute Gasteiger partial charge is 0.259 e. The van der Waals surface area contributed by atoms with Gasteiger partial charge >= 0.3 is 0 Å². The highest BCUT2D eigenvalue weighted by atomic mass is 35.5. The molecule has 0 radical (unpaired) electrons. The quantitative estimate of drug-likeness (QED) is 0.824. The summed E-state index contributed by atoms with van der Waals surface area (Å²) in [7, 11) is 0. The summed E-state index contributed by atoms with van der Waals surface area (Å²) in [6.45, 7) is 0. The number of aryl methyl sites for hydroxylation is 2. The van der Waals surface area contributed by atoms with E-state index in [0.29, 0.717) is 17.0 Å². The highest BCUT2D eigenvalue weighted by molar-refractivity contribution is 7.80. The molecule has 0 aliphatic rings. The molecule has 0 bridgehead atoms. The number of thiophene rings is 1. The zero-order chi connectivity index (χ0) is 14.5. The normalized spacial score (nSPS) is 11.8. The van der Waals surface area contributed by atoms with Crippen molar-refractivity contribution in [1.82, 2.24) is 0 Å². The van der Waals surface area contributed by atoms with Crippen LogP contribution >= 0.6 is 22.9 Å². The molecule has 1 unspecified atom stereocenters. The van der Waals surface area contributed by atoms with Crippen LogP contribution in [-0.4, -0.2) is 8.76 Å². The molecule has 0 amide bonds. The number of hydrogen-bond acceptors (Lipinski definition) is 3. The summed E-state index contributed by atoms with van der Waals surface area (Å²) >= 11 is 5.50. The Morgan fingerprint density at radius 3 is 2.85 bits per heavy atom. The van der Waals surface area contributed by atoms with Gasteiger partial charge in [0.15, 0.2) is 0 Å². The van der Waals surface area contributed by atoms with Gasteiger partial charge in [-0.15, -0.1) is 11.3 Å². The van der Waals surface area contributed by atoms with Crippen LogP contribution in [0.3, 0.4) is 0 Å². The largest absolute Gasteiger partial charge is 0.289 e. The Bertz CT molecular complexity index is 666. The van der Waals surface area contributed by atoms with Crippen LogP contribution in [0.4, 0.5) is 5.69 Å². The highest BCUT2D eigenvalue weighted by Crippen LogP contribution is 2.27. The lowest BCUT2D eigenvalue weighted by atomic mass is 10.0. The third-order valence-electron chi connectivity index (χ3n) is 2.73. The third-order valence-corrected chi connectivity index (χ3v) is 4.37. The molecule has 0 saturated carbocycles. The molecule has 20 heavy (non-hydrogen) atoms. The number of anilines is 1. The van der Waals surface area contributed by atoms with Gasteiger partial charge in [-0.1, -0.05) is 17.7 Å². The number of halogens is 1. The number of hydrogen-bond donors (Lipinski definition) is 2. The Balaban J connectivity index is 2.22. The molecule has 7 heteroatoms. The van der Waals surface area contributed by atoms with Gasteiger partial charge < -0.3 is 0 Å². The standard InChI is InChI=1S/C13H11ClN2O2S2/c14-12-6-9(3-4-11-2-1-5-19-11)10(8-15)7-13(12)16-20(17)18/h1-2,5-7,16H,3-4H2,(H,17,18). The van der Waals surface area contributed by atoms with Gasteiger partial charge in [0.05, 0.1) is 22.3 Å². The second-order valence-corrected chi connectivity index (χ2v) is 6.17. The Labute approximate surface area is 128 Å². The van der Waals surface area contributed by atoms with Crippen molar-refractivity contribution in [3.8, 4) is 6.07 Å².